The minimum atomic E-state index is -3.21. The lowest BCUT2D eigenvalue weighted by Crippen LogP contribution is -2.06. The van der Waals surface area contributed by atoms with E-state index < -0.39 is 21.5 Å². The van der Waals surface area contributed by atoms with Gasteiger partial charge in [-0.2, -0.15) is 5.10 Å². The second-order valence-electron chi connectivity index (χ2n) is 9.03. The van der Waals surface area contributed by atoms with Crippen molar-refractivity contribution in [2.45, 2.75) is 6.42 Å². The minimum absolute atomic E-state index is 0.0983. The molecule has 0 unspecified atom stereocenters. The highest BCUT2D eigenvalue weighted by Crippen LogP contribution is 2.35. The van der Waals surface area contributed by atoms with Crippen molar-refractivity contribution >= 4 is 31.8 Å². The highest BCUT2D eigenvalue weighted by molar-refractivity contribution is 7.90. The van der Waals surface area contributed by atoms with Crippen LogP contribution in [0.5, 0.6) is 0 Å². The molecule has 0 radical (unpaired) electrons. The number of H-pyrrole nitrogens is 2. The van der Waals surface area contributed by atoms with Crippen molar-refractivity contribution in [2.24, 2.45) is 0 Å². The maximum absolute atomic E-state index is 15.8. The number of nitrogens with zero attached hydrogens (tertiary/aromatic N) is 4. The number of pyridine rings is 2. The van der Waals surface area contributed by atoms with Crippen LogP contribution in [0.3, 0.4) is 0 Å². The van der Waals surface area contributed by atoms with E-state index in [9.17, 15) is 12.8 Å². The molecule has 0 aliphatic rings. The van der Waals surface area contributed by atoms with E-state index in [2.05, 4.69) is 30.1 Å². The summed E-state index contributed by atoms with van der Waals surface area (Å²) in [6.07, 6.45) is 6.08. The molecule has 0 bridgehead atoms. The lowest BCUT2D eigenvalue weighted by molar-refractivity contribution is 0.600. The standard InChI is InChI=1S/C27H20F2N6O2S/c1-38(36,37)10-7-15-11-17(13-18(28)12-15)24-25-21(6-9-31-24)32-27(33-25)26-22-20(34-35-26)5-4-19(23(22)29)16-3-2-8-30-14-16/h2-6,8-9,11-14H,7,10H2,1H3,(H,32,33)(H,34,35). The Bertz CT molecular complexity index is 1930. The molecular formula is C27H20F2N6O2S. The smallest absolute Gasteiger partial charge is 0.159 e. The van der Waals surface area contributed by atoms with Crippen LogP contribution in [0.1, 0.15) is 5.56 Å². The summed E-state index contributed by atoms with van der Waals surface area (Å²) in [6, 6.07) is 13.0. The Labute approximate surface area is 215 Å². The van der Waals surface area contributed by atoms with Gasteiger partial charge >= 0.3 is 0 Å². The van der Waals surface area contributed by atoms with Gasteiger partial charge in [0.1, 0.15) is 32.7 Å². The van der Waals surface area contributed by atoms with Gasteiger partial charge in [0.2, 0.25) is 0 Å². The number of rotatable bonds is 6. The zero-order chi connectivity index (χ0) is 26.4. The fraction of sp³-hybridized carbons (Fsp3) is 0.111. The predicted octanol–water partition coefficient (Wildman–Crippen LogP) is 5.10. The molecule has 2 aromatic carbocycles. The fourth-order valence-electron chi connectivity index (χ4n) is 4.48. The topological polar surface area (TPSA) is 117 Å². The zero-order valence-corrected chi connectivity index (χ0v) is 20.9. The molecule has 11 heteroatoms. The summed E-state index contributed by atoms with van der Waals surface area (Å²) in [6.45, 7) is 0. The summed E-state index contributed by atoms with van der Waals surface area (Å²) in [7, 11) is -3.21. The van der Waals surface area contributed by atoms with E-state index in [0.29, 0.717) is 56.0 Å². The van der Waals surface area contributed by atoms with E-state index in [4.69, 9.17) is 0 Å². The quantitative estimate of drug-likeness (QED) is 0.310. The van der Waals surface area contributed by atoms with Gasteiger partial charge in [0.05, 0.1) is 27.9 Å². The Balaban J connectivity index is 1.46. The SMILES string of the molecule is CS(=O)(=O)CCc1cc(F)cc(-c2nccc3[nH]c(-c4n[nH]c5ccc(-c6cccnc6)c(F)c45)nc23)c1. The first kappa shape index (κ1) is 23.9. The van der Waals surface area contributed by atoms with Crippen molar-refractivity contribution in [2.75, 3.05) is 12.0 Å². The van der Waals surface area contributed by atoms with E-state index in [-0.39, 0.29) is 17.6 Å². The number of sulfone groups is 1. The van der Waals surface area contributed by atoms with Gasteiger partial charge in [-0.1, -0.05) is 6.07 Å². The maximum atomic E-state index is 15.8. The minimum Gasteiger partial charge on any atom is -0.336 e. The maximum Gasteiger partial charge on any atom is 0.159 e. The molecule has 0 saturated carbocycles. The van der Waals surface area contributed by atoms with E-state index in [1.165, 1.54) is 12.1 Å². The van der Waals surface area contributed by atoms with Gasteiger partial charge in [0.25, 0.3) is 0 Å². The second kappa shape index (κ2) is 9.10. The molecule has 0 spiro atoms. The number of hydrogen-bond donors (Lipinski definition) is 2. The molecule has 0 atom stereocenters. The van der Waals surface area contributed by atoms with Crippen LogP contribution in [-0.2, 0) is 16.3 Å². The zero-order valence-electron chi connectivity index (χ0n) is 20.0. The Kier molecular flexibility index (Phi) is 5.72. The summed E-state index contributed by atoms with van der Waals surface area (Å²) in [5.74, 6) is -0.752. The largest absolute Gasteiger partial charge is 0.336 e. The van der Waals surface area contributed by atoms with Crippen LogP contribution in [-0.4, -0.2) is 50.6 Å². The summed E-state index contributed by atoms with van der Waals surface area (Å²) in [5.41, 5.74) is 4.25. The molecule has 38 heavy (non-hydrogen) atoms. The van der Waals surface area contributed by atoms with Crippen LogP contribution >= 0.6 is 0 Å². The van der Waals surface area contributed by atoms with Crippen LogP contribution < -0.4 is 0 Å². The second-order valence-corrected chi connectivity index (χ2v) is 11.3. The van der Waals surface area contributed by atoms with Crippen molar-refractivity contribution in [3.05, 3.63) is 84.3 Å². The number of aryl methyl sites for hydroxylation is 1. The number of imidazole rings is 1. The lowest BCUT2D eigenvalue weighted by Gasteiger charge is -2.06. The Morgan fingerprint density at radius 2 is 1.82 bits per heavy atom. The predicted molar refractivity (Wildman–Crippen MR) is 141 cm³/mol. The third kappa shape index (κ3) is 4.41. The Morgan fingerprint density at radius 3 is 2.61 bits per heavy atom. The van der Waals surface area contributed by atoms with E-state index in [1.807, 2.05) is 0 Å². The van der Waals surface area contributed by atoms with E-state index >= 15 is 4.39 Å². The molecule has 0 amide bonds. The van der Waals surface area contributed by atoms with Gasteiger partial charge in [-0.05, 0) is 54.4 Å². The molecule has 4 heterocycles. The van der Waals surface area contributed by atoms with Crippen LogP contribution in [0.25, 0.3) is 55.8 Å². The molecule has 6 rings (SSSR count). The Hall–Kier alpha value is -4.51. The van der Waals surface area contributed by atoms with Crippen molar-refractivity contribution in [3.63, 3.8) is 0 Å². The molecular weight excluding hydrogens is 510 g/mol. The molecule has 0 aliphatic carbocycles. The molecule has 8 nitrogen and oxygen atoms in total. The third-order valence-corrected chi connectivity index (χ3v) is 7.20. The molecule has 0 saturated heterocycles. The van der Waals surface area contributed by atoms with Gasteiger partial charge in [-0.15, -0.1) is 0 Å². The van der Waals surface area contributed by atoms with E-state index in [1.54, 1.807) is 55.0 Å². The van der Waals surface area contributed by atoms with Crippen LogP contribution in [0.15, 0.2) is 67.1 Å². The molecule has 190 valence electrons. The van der Waals surface area contributed by atoms with Crippen molar-refractivity contribution in [1.29, 1.82) is 0 Å². The molecule has 2 N–H and O–H groups in total. The van der Waals surface area contributed by atoms with Gasteiger partial charge in [-0.25, -0.2) is 22.2 Å². The van der Waals surface area contributed by atoms with Gasteiger partial charge in [-0.3, -0.25) is 15.1 Å². The molecule has 6 aromatic rings. The number of hydrogen-bond acceptors (Lipinski definition) is 6. The van der Waals surface area contributed by atoms with Crippen LogP contribution in [0.2, 0.25) is 0 Å². The highest BCUT2D eigenvalue weighted by Gasteiger charge is 2.21. The number of fused-ring (bicyclic) bond motifs is 2. The molecule has 4 aromatic heterocycles. The highest BCUT2D eigenvalue weighted by atomic mass is 32.2. The first-order valence-corrected chi connectivity index (χ1v) is 13.7. The fourth-order valence-corrected chi connectivity index (χ4v) is 5.09. The third-order valence-electron chi connectivity index (χ3n) is 6.26. The first-order valence-electron chi connectivity index (χ1n) is 11.7. The van der Waals surface area contributed by atoms with Gasteiger partial charge in [0.15, 0.2) is 5.82 Å². The number of halogens is 2. The average molecular weight is 531 g/mol. The van der Waals surface area contributed by atoms with Crippen molar-refractivity contribution < 1.29 is 17.2 Å². The van der Waals surface area contributed by atoms with Gasteiger partial charge < -0.3 is 4.98 Å². The lowest BCUT2D eigenvalue weighted by atomic mass is 10.0. The van der Waals surface area contributed by atoms with E-state index in [0.717, 1.165) is 6.26 Å². The normalized spacial score (nSPS) is 12.0. The number of aromatic nitrogens is 6. The number of nitrogens with one attached hydrogen (secondary N) is 2. The summed E-state index contributed by atoms with van der Waals surface area (Å²) >= 11 is 0. The molecule has 0 fully saturated rings. The number of aromatic amines is 2. The summed E-state index contributed by atoms with van der Waals surface area (Å²) < 4.78 is 53.4. The van der Waals surface area contributed by atoms with Crippen LogP contribution in [0.4, 0.5) is 8.78 Å². The van der Waals surface area contributed by atoms with Crippen molar-refractivity contribution in [3.8, 4) is 33.9 Å². The van der Waals surface area contributed by atoms with Crippen molar-refractivity contribution in [1.82, 2.24) is 30.1 Å². The van der Waals surface area contributed by atoms with Gasteiger partial charge in [0, 0.05) is 41.5 Å². The first-order chi connectivity index (χ1) is 18.3. The average Bonchev–Trinajstić information content (AvgIpc) is 3.52. The Morgan fingerprint density at radius 1 is 0.947 bits per heavy atom. The van der Waals surface area contributed by atoms with Crippen LogP contribution in [0, 0.1) is 11.6 Å². The molecule has 0 aliphatic heterocycles. The summed E-state index contributed by atoms with van der Waals surface area (Å²) in [4.78, 5) is 16.3. The number of benzene rings is 2. The monoisotopic (exact) mass is 530 g/mol. The summed E-state index contributed by atoms with van der Waals surface area (Å²) in [5, 5.41) is 7.45.